The van der Waals surface area contributed by atoms with E-state index >= 15 is 0 Å². The Kier molecular flexibility index (Phi) is 4.27. The number of likely N-dealkylation sites (tertiary alicyclic amines) is 1. The lowest BCUT2D eigenvalue weighted by atomic mass is 9.94. The van der Waals surface area contributed by atoms with Crippen molar-refractivity contribution in [3.8, 4) is 0 Å². The number of rotatable bonds is 3. The van der Waals surface area contributed by atoms with Crippen LogP contribution in [0.3, 0.4) is 0 Å². The molecule has 0 amide bonds. The minimum absolute atomic E-state index is 0.213. The molecule has 5 heteroatoms. The molecule has 1 aliphatic heterocycles. The van der Waals surface area contributed by atoms with E-state index in [2.05, 4.69) is 16.6 Å². The highest BCUT2D eigenvalue weighted by atomic mass is 16.5. The van der Waals surface area contributed by atoms with Crippen LogP contribution in [0.15, 0.2) is 10.5 Å². The Balaban J connectivity index is 2.02. The van der Waals surface area contributed by atoms with Crippen LogP contribution in [0.2, 0.25) is 0 Å². The normalized spacial score (nSPS) is 24.4. The van der Waals surface area contributed by atoms with E-state index in [9.17, 15) is 4.79 Å². The van der Waals surface area contributed by atoms with Crippen LogP contribution in [-0.4, -0.2) is 37.1 Å². The molecular weight excluding hydrogens is 244 g/mol. The van der Waals surface area contributed by atoms with Gasteiger partial charge in [-0.2, -0.15) is 0 Å². The fourth-order valence-electron chi connectivity index (χ4n) is 2.46. The van der Waals surface area contributed by atoms with Crippen LogP contribution >= 0.6 is 0 Å². The summed E-state index contributed by atoms with van der Waals surface area (Å²) in [6, 6.07) is 2.11. The summed E-state index contributed by atoms with van der Waals surface area (Å²) in [5, 5.41) is 0. The van der Waals surface area contributed by atoms with Gasteiger partial charge >= 0.3 is 5.97 Å². The Morgan fingerprint density at radius 1 is 1.63 bits per heavy atom. The molecule has 0 aromatic carbocycles. The van der Waals surface area contributed by atoms with Crippen LogP contribution in [0.4, 0.5) is 0 Å². The Morgan fingerprint density at radius 2 is 2.37 bits per heavy atom. The van der Waals surface area contributed by atoms with E-state index in [1.807, 2.05) is 13.0 Å². The number of aryl methyl sites for hydroxylation is 1. The number of furan rings is 1. The van der Waals surface area contributed by atoms with Gasteiger partial charge in [0.15, 0.2) is 0 Å². The third kappa shape index (κ3) is 3.16. The number of ether oxygens (including phenoxy) is 1. The van der Waals surface area contributed by atoms with Crippen LogP contribution in [0.25, 0.3) is 0 Å². The molecular formula is C14H22N2O3. The van der Waals surface area contributed by atoms with Crippen molar-refractivity contribution < 1.29 is 13.9 Å². The molecule has 1 saturated heterocycles. The SMILES string of the molecule is COC(=O)c1oc(CN2CCC(C)C(N)C2)cc1C. The minimum atomic E-state index is -0.423. The smallest absolute Gasteiger partial charge is 0.374 e. The average Bonchev–Trinajstić information content (AvgIpc) is 2.74. The van der Waals surface area contributed by atoms with Gasteiger partial charge in [0, 0.05) is 18.2 Å². The number of carbonyl (C=O) groups is 1. The number of hydrogen-bond acceptors (Lipinski definition) is 5. The molecule has 1 aromatic heterocycles. The lowest BCUT2D eigenvalue weighted by molar-refractivity contribution is 0.0558. The van der Waals surface area contributed by atoms with Crippen molar-refractivity contribution in [3.05, 3.63) is 23.2 Å². The van der Waals surface area contributed by atoms with E-state index in [4.69, 9.17) is 10.2 Å². The summed E-state index contributed by atoms with van der Waals surface area (Å²) in [6.45, 7) is 6.62. The number of nitrogens with zero attached hydrogens (tertiary/aromatic N) is 1. The molecule has 106 valence electrons. The van der Waals surface area contributed by atoms with Crippen molar-refractivity contribution in [1.29, 1.82) is 0 Å². The number of hydrogen-bond donors (Lipinski definition) is 1. The first-order valence-corrected chi connectivity index (χ1v) is 6.66. The molecule has 1 aliphatic rings. The van der Waals surface area contributed by atoms with Crippen molar-refractivity contribution >= 4 is 5.97 Å². The van der Waals surface area contributed by atoms with E-state index in [0.717, 1.165) is 30.8 Å². The van der Waals surface area contributed by atoms with Gasteiger partial charge in [-0.1, -0.05) is 6.92 Å². The topological polar surface area (TPSA) is 68.7 Å². The summed E-state index contributed by atoms with van der Waals surface area (Å²) in [4.78, 5) is 13.8. The highest BCUT2D eigenvalue weighted by Crippen LogP contribution is 2.21. The van der Waals surface area contributed by atoms with Crippen molar-refractivity contribution in [2.45, 2.75) is 32.9 Å². The fourth-order valence-corrected chi connectivity index (χ4v) is 2.46. The summed E-state index contributed by atoms with van der Waals surface area (Å²) in [5.41, 5.74) is 6.90. The number of esters is 1. The lowest BCUT2D eigenvalue weighted by Gasteiger charge is -2.34. The zero-order chi connectivity index (χ0) is 14.0. The first kappa shape index (κ1) is 14.1. The van der Waals surface area contributed by atoms with Crippen molar-refractivity contribution in [3.63, 3.8) is 0 Å². The zero-order valence-electron chi connectivity index (χ0n) is 11.8. The third-order valence-electron chi connectivity index (χ3n) is 3.82. The van der Waals surface area contributed by atoms with E-state index in [1.165, 1.54) is 7.11 Å². The maximum absolute atomic E-state index is 11.5. The van der Waals surface area contributed by atoms with Crippen LogP contribution in [0.5, 0.6) is 0 Å². The second kappa shape index (κ2) is 5.75. The molecule has 19 heavy (non-hydrogen) atoms. The van der Waals surface area contributed by atoms with Gasteiger partial charge in [-0.05, 0) is 31.9 Å². The van der Waals surface area contributed by atoms with Crippen LogP contribution in [0, 0.1) is 12.8 Å². The summed E-state index contributed by atoms with van der Waals surface area (Å²) >= 11 is 0. The van der Waals surface area contributed by atoms with E-state index < -0.39 is 5.97 Å². The van der Waals surface area contributed by atoms with Crippen molar-refractivity contribution in [1.82, 2.24) is 4.90 Å². The van der Waals surface area contributed by atoms with Gasteiger partial charge in [0.2, 0.25) is 5.76 Å². The molecule has 0 aliphatic carbocycles. The largest absolute Gasteiger partial charge is 0.463 e. The fraction of sp³-hybridized carbons (Fsp3) is 0.643. The first-order valence-electron chi connectivity index (χ1n) is 6.66. The maximum atomic E-state index is 11.5. The molecule has 5 nitrogen and oxygen atoms in total. The molecule has 2 heterocycles. The monoisotopic (exact) mass is 266 g/mol. The van der Waals surface area contributed by atoms with Gasteiger partial charge in [0.05, 0.1) is 13.7 Å². The quantitative estimate of drug-likeness (QED) is 0.841. The Hall–Kier alpha value is -1.33. The van der Waals surface area contributed by atoms with Gasteiger partial charge in [-0.3, -0.25) is 4.90 Å². The van der Waals surface area contributed by atoms with Gasteiger partial charge in [-0.15, -0.1) is 0 Å². The molecule has 1 fully saturated rings. The maximum Gasteiger partial charge on any atom is 0.374 e. The van der Waals surface area contributed by atoms with Gasteiger partial charge in [-0.25, -0.2) is 4.79 Å². The van der Waals surface area contributed by atoms with Gasteiger partial charge < -0.3 is 14.9 Å². The zero-order valence-corrected chi connectivity index (χ0v) is 11.8. The van der Waals surface area contributed by atoms with Crippen LogP contribution < -0.4 is 5.73 Å². The predicted molar refractivity (Wildman–Crippen MR) is 71.8 cm³/mol. The van der Waals surface area contributed by atoms with E-state index in [1.54, 1.807) is 0 Å². The third-order valence-corrected chi connectivity index (χ3v) is 3.82. The summed E-state index contributed by atoms with van der Waals surface area (Å²) in [7, 11) is 1.36. The number of carbonyl (C=O) groups excluding carboxylic acids is 1. The van der Waals surface area contributed by atoms with Gasteiger partial charge in [0.25, 0.3) is 0 Å². The van der Waals surface area contributed by atoms with Crippen LogP contribution in [-0.2, 0) is 11.3 Å². The van der Waals surface area contributed by atoms with Gasteiger partial charge in [0.1, 0.15) is 5.76 Å². The molecule has 2 unspecified atom stereocenters. The summed E-state index contributed by atoms with van der Waals surface area (Å²) in [5.74, 6) is 1.24. The number of nitrogens with two attached hydrogens (primary N) is 1. The molecule has 0 bridgehead atoms. The summed E-state index contributed by atoms with van der Waals surface area (Å²) < 4.78 is 10.3. The second-order valence-corrected chi connectivity index (χ2v) is 5.38. The molecule has 1 aromatic rings. The second-order valence-electron chi connectivity index (χ2n) is 5.38. The highest BCUT2D eigenvalue weighted by Gasteiger charge is 2.24. The molecule has 2 N–H and O–H groups in total. The number of piperidine rings is 1. The summed E-state index contributed by atoms with van der Waals surface area (Å²) in [6.07, 6.45) is 1.10. The Bertz CT molecular complexity index is 456. The van der Waals surface area contributed by atoms with Crippen LogP contribution in [0.1, 0.15) is 35.2 Å². The highest BCUT2D eigenvalue weighted by molar-refractivity contribution is 5.87. The standard InChI is InChI=1S/C14H22N2O3/c1-9-4-5-16(8-12(9)15)7-11-6-10(2)13(19-11)14(17)18-3/h6,9,12H,4-5,7-8,15H2,1-3H3. The predicted octanol–water partition coefficient (Wildman–Crippen LogP) is 1.54. The van der Waals surface area contributed by atoms with Crippen molar-refractivity contribution in [2.24, 2.45) is 11.7 Å². The van der Waals surface area contributed by atoms with E-state index in [0.29, 0.717) is 18.2 Å². The Morgan fingerprint density at radius 3 is 3.00 bits per heavy atom. The first-order chi connectivity index (χ1) is 9.01. The number of methoxy groups -OCH3 is 1. The van der Waals surface area contributed by atoms with E-state index in [-0.39, 0.29) is 6.04 Å². The Labute approximate surface area is 113 Å². The molecule has 2 atom stereocenters. The minimum Gasteiger partial charge on any atom is -0.463 e. The average molecular weight is 266 g/mol. The van der Waals surface area contributed by atoms with Crippen molar-refractivity contribution in [2.75, 3.05) is 20.2 Å². The molecule has 0 saturated carbocycles. The molecule has 0 spiro atoms. The lowest BCUT2D eigenvalue weighted by Crippen LogP contribution is -2.47. The molecule has 0 radical (unpaired) electrons. The molecule has 2 rings (SSSR count).